The summed E-state index contributed by atoms with van der Waals surface area (Å²) in [6.45, 7) is 1.04. The maximum Gasteiger partial charge on any atom is 0.417 e. The fourth-order valence-electron chi connectivity index (χ4n) is 4.15. The molecule has 2 atom stereocenters. The molecule has 0 aliphatic heterocycles. The molecule has 0 bridgehead atoms. The zero-order chi connectivity index (χ0) is 30.4. The van der Waals surface area contributed by atoms with Crippen LogP contribution in [0, 0.1) is 17.6 Å². The summed E-state index contributed by atoms with van der Waals surface area (Å²) in [4.78, 5) is 37.1. The van der Waals surface area contributed by atoms with Gasteiger partial charge in [0, 0.05) is 18.5 Å². The van der Waals surface area contributed by atoms with Crippen molar-refractivity contribution in [1.29, 1.82) is 0 Å². The maximum absolute atomic E-state index is 14.7. The molecule has 0 heterocycles. The van der Waals surface area contributed by atoms with Crippen molar-refractivity contribution in [1.82, 2.24) is 0 Å². The van der Waals surface area contributed by atoms with Crippen molar-refractivity contribution in [2.24, 2.45) is 5.92 Å². The Kier molecular flexibility index (Phi) is 8.48. The van der Waals surface area contributed by atoms with Crippen LogP contribution in [0.5, 0.6) is 0 Å². The molecule has 1 saturated carbocycles. The van der Waals surface area contributed by atoms with E-state index in [-0.39, 0.29) is 21.8 Å². The summed E-state index contributed by atoms with van der Waals surface area (Å²) in [6.07, 6.45) is -4.75. The lowest BCUT2D eigenvalue weighted by Crippen LogP contribution is -2.19. The van der Waals surface area contributed by atoms with E-state index in [0.29, 0.717) is 0 Å². The lowest BCUT2D eigenvalue weighted by atomic mass is 10.0. The highest BCUT2D eigenvalue weighted by molar-refractivity contribution is 6.53. The molecule has 216 valence electrons. The number of nitrogens with one attached hydrogen (secondary N) is 3. The van der Waals surface area contributed by atoms with E-state index in [1.54, 1.807) is 0 Å². The van der Waals surface area contributed by atoms with E-state index in [2.05, 4.69) is 10.6 Å². The molecule has 3 N–H and O–H groups in total. The van der Waals surface area contributed by atoms with Gasteiger partial charge in [0.05, 0.1) is 32.8 Å². The molecule has 6 nitrogen and oxygen atoms in total. The van der Waals surface area contributed by atoms with Crippen molar-refractivity contribution in [2.45, 2.75) is 23.4 Å². The van der Waals surface area contributed by atoms with Crippen LogP contribution in [0.2, 0.25) is 10.0 Å². The number of carbonyl (C=O) groups is 3. The largest absolute Gasteiger partial charge is 0.417 e. The van der Waals surface area contributed by atoms with Crippen molar-refractivity contribution in [3.63, 3.8) is 0 Å². The number of hydrogen-bond donors (Lipinski definition) is 3. The smallest absolute Gasteiger partial charge is 0.326 e. The molecule has 0 saturated heterocycles. The van der Waals surface area contributed by atoms with Gasteiger partial charge in [-0.25, -0.2) is 8.78 Å². The maximum atomic E-state index is 14.7. The fraction of sp³-hybridized carbons (Fsp3) is 0.192. The summed E-state index contributed by atoms with van der Waals surface area (Å²) in [5.74, 6) is -6.93. The Bertz CT molecular complexity index is 1580. The summed E-state index contributed by atoms with van der Waals surface area (Å²) in [6, 6.07) is 8.59. The highest BCUT2D eigenvalue weighted by Gasteiger charge is 2.67. The molecule has 1 aliphatic carbocycles. The molecular formula is C26H16Cl4F5N3O3. The highest BCUT2D eigenvalue weighted by atomic mass is 35.5. The van der Waals surface area contributed by atoms with Crippen LogP contribution < -0.4 is 16.0 Å². The Morgan fingerprint density at radius 2 is 1.54 bits per heavy atom. The van der Waals surface area contributed by atoms with Crippen LogP contribution in [0.25, 0.3) is 0 Å². The van der Waals surface area contributed by atoms with E-state index >= 15 is 0 Å². The van der Waals surface area contributed by atoms with Gasteiger partial charge in [0.2, 0.25) is 11.8 Å². The zero-order valence-corrected chi connectivity index (χ0v) is 23.4. The zero-order valence-electron chi connectivity index (χ0n) is 20.4. The van der Waals surface area contributed by atoms with Crippen LogP contribution in [-0.4, -0.2) is 22.1 Å². The van der Waals surface area contributed by atoms with Gasteiger partial charge in [-0.15, -0.1) is 23.2 Å². The molecule has 0 spiro atoms. The molecule has 3 aromatic carbocycles. The van der Waals surface area contributed by atoms with Crippen LogP contribution in [0.4, 0.5) is 39.0 Å². The fourth-order valence-corrected chi connectivity index (χ4v) is 5.40. The number of halogens is 9. The number of alkyl halides is 5. The topological polar surface area (TPSA) is 87.3 Å². The second-order valence-corrected chi connectivity index (χ2v) is 11.2. The van der Waals surface area contributed by atoms with Crippen LogP contribution in [0.3, 0.4) is 0 Å². The average molecular weight is 655 g/mol. The van der Waals surface area contributed by atoms with Crippen molar-refractivity contribution in [3.05, 3.63) is 86.9 Å². The molecule has 3 amide bonds. The lowest BCUT2D eigenvalue weighted by Gasteiger charge is -2.13. The van der Waals surface area contributed by atoms with E-state index in [9.17, 15) is 36.3 Å². The van der Waals surface area contributed by atoms with Gasteiger partial charge in [-0.05, 0) is 48.0 Å². The quantitative estimate of drug-likeness (QED) is 0.186. The number of amides is 3. The lowest BCUT2D eigenvalue weighted by molar-refractivity contribution is -0.137. The van der Waals surface area contributed by atoms with Gasteiger partial charge in [0.1, 0.15) is 15.8 Å². The Balaban J connectivity index is 1.53. The van der Waals surface area contributed by atoms with Crippen LogP contribution >= 0.6 is 46.4 Å². The predicted octanol–water partition coefficient (Wildman–Crippen LogP) is 8.03. The molecule has 15 heteroatoms. The van der Waals surface area contributed by atoms with E-state index in [1.807, 2.05) is 5.32 Å². The molecule has 1 unspecified atom stereocenters. The van der Waals surface area contributed by atoms with Crippen LogP contribution in [0.1, 0.15) is 34.3 Å². The molecule has 1 fully saturated rings. The molecule has 41 heavy (non-hydrogen) atoms. The minimum Gasteiger partial charge on any atom is -0.326 e. The van der Waals surface area contributed by atoms with E-state index in [4.69, 9.17) is 46.4 Å². The van der Waals surface area contributed by atoms with Gasteiger partial charge in [0.15, 0.2) is 5.82 Å². The molecule has 0 aromatic heterocycles. The van der Waals surface area contributed by atoms with Gasteiger partial charge in [0.25, 0.3) is 5.91 Å². The van der Waals surface area contributed by atoms with Crippen molar-refractivity contribution < 1.29 is 36.3 Å². The van der Waals surface area contributed by atoms with E-state index in [1.165, 1.54) is 18.2 Å². The first-order valence-corrected chi connectivity index (χ1v) is 12.9. The van der Waals surface area contributed by atoms with Gasteiger partial charge in [-0.3, -0.25) is 14.4 Å². The number of benzene rings is 3. The van der Waals surface area contributed by atoms with Crippen molar-refractivity contribution >= 4 is 81.2 Å². The molecule has 1 aliphatic rings. The number of rotatable bonds is 6. The third-order valence-corrected chi connectivity index (χ3v) is 7.71. The van der Waals surface area contributed by atoms with E-state index < -0.39 is 73.7 Å². The molecule has 4 rings (SSSR count). The second kappa shape index (κ2) is 11.3. The van der Waals surface area contributed by atoms with Gasteiger partial charge in [-0.2, -0.15) is 13.2 Å². The SMILES string of the molecule is CC(=O)Nc1c(F)ccc(NC(=O)c2cc(NC(=O)C3[C@H](c4ccc(Cl)c(C(F)(F)F)c4)C3(Cl)Cl)ccc2Cl)c1F. The molecule has 0 radical (unpaired) electrons. The second-order valence-electron chi connectivity index (χ2n) is 8.97. The van der Waals surface area contributed by atoms with Crippen molar-refractivity contribution in [2.75, 3.05) is 16.0 Å². The van der Waals surface area contributed by atoms with Crippen LogP contribution in [-0.2, 0) is 15.8 Å². The average Bonchev–Trinajstić information content (AvgIpc) is 3.45. The molecule has 3 aromatic rings. The molecular weight excluding hydrogens is 639 g/mol. The summed E-state index contributed by atoms with van der Waals surface area (Å²) in [5.41, 5.74) is -2.50. The highest BCUT2D eigenvalue weighted by Crippen LogP contribution is 2.65. The summed E-state index contributed by atoms with van der Waals surface area (Å²) in [7, 11) is 0. The number of hydrogen-bond acceptors (Lipinski definition) is 3. The first kappa shape index (κ1) is 30.8. The number of anilines is 3. The minimum absolute atomic E-state index is 0.0323. The van der Waals surface area contributed by atoms with Crippen LogP contribution in [0.15, 0.2) is 48.5 Å². The standard InChI is InChI=1S/C26H16Cl4F5N3O3/c1-10(39)36-22-17(31)6-7-18(21(22)32)38-23(40)13-9-12(3-5-15(13)27)37-24(41)20-19(25(20,29)30)11-2-4-16(28)14(8-11)26(33,34)35/h2-9,19-20H,1H3,(H,36,39)(H,37,41)(H,38,40)/t19-,20?/m0/s1. The predicted molar refractivity (Wildman–Crippen MR) is 146 cm³/mol. The number of carbonyl (C=O) groups excluding carboxylic acids is 3. The third kappa shape index (κ3) is 6.38. The minimum atomic E-state index is -4.75. The summed E-state index contributed by atoms with van der Waals surface area (Å²) in [5, 5.41) is 6.06. The monoisotopic (exact) mass is 653 g/mol. The third-order valence-electron chi connectivity index (χ3n) is 6.11. The Morgan fingerprint density at radius 3 is 2.17 bits per heavy atom. The first-order chi connectivity index (χ1) is 19.0. The Morgan fingerprint density at radius 1 is 0.878 bits per heavy atom. The van der Waals surface area contributed by atoms with Gasteiger partial charge < -0.3 is 16.0 Å². The summed E-state index contributed by atoms with van der Waals surface area (Å²) >= 11 is 24.3. The first-order valence-electron chi connectivity index (χ1n) is 11.4. The Labute approximate surface area is 249 Å². The normalized spacial score (nSPS) is 17.5. The van der Waals surface area contributed by atoms with Gasteiger partial charge >= 0.3 is 6.18 Å². The van der Waals surface area contributed by atoms with E-state index in [0.717, 1.165) is 37.3 Å². The summed E-state index contributed by atoms with van der Waals surface area (Å²) < 4.78 is 66.8. The van der Waals surface area contributed by atoms with Crippen molar-refractivity contribution in [3.8, 4) is 0 Å². The Hall–Kier alpha value is -3.12. The van der Waals surface area contributed by atoms with Gasteiger partial charge in [-0.1, -0.05) is 29.3 Å².